The molecule has 5 nitrogen and oxygen atoms in total. The molecule has 2 amide bonds. The molecule has 2 rings (SSSR count). The zero-order valence-corrected chi connectivity index (χ0v) is 17.8. The van der Waals surface area contributed by atoms with Crippen LogP contribution < -0.4 is 10.1 Å². The lowest BCUT2D eigenvalue weighted by molar-refractivity contribution is -0.142. The van der Waals surface area contributed by atoms with Gasteiger partial charge in [-0.1, -0.05) is 46.9 Å². The number of hydrogen-bond acceptors (Lipinski definition) is 3. The molecule has 8 heteroatoms. The second-order valence-corrected chi connectivity index (χ2v) is 7.29. The van der Waals surface area contributed by atoms with E-state index in [4.69, 9.17) is 39.5 Å². The van der Waals surface area contributed by atoms with Crippen molar-refractivity contribution in [2.45, 2.75) is 26.4 Å². The minimum absolute atomic E-state index is 0.0779. The third kappa shape index (κ3) is 6.03. The molecule has 0 aliphatic heterocycles. The molecular weight excluding hydrogens is 423 g/mol. The molecule has 1 atom stereocenters. The molecule has 28 heavy (non-hydrogen) atoms. The number of nitrogens with zero attached hydrogens (tertiary/aromatic N) is 1. The van der Waals surface area contributed by atoms with E-state index in [1.54, 1.807) is 49.4 Å². The fraction of sp³-hybridized carbons (Fsp3) is 0.300. The van der Waals surface area contributed by atoms with Gasteiger partial charge in [0, 0.05) is 33.7 Å². The molecule has 0 spiro atoms. The van der Waals surface area contributed by atoms with E-state index in [1.165, 1.54) is 4.90 Å². The number of halogens is 3. The number of nitrogens with one attached hydrogen (secondary N) is 1. The van der Waals surface area contributed by atoms with Crippen LogP contribution in [0.25, 0.3) is 0 Å². The van der Waals surface area contributed by atoms with E-state index < -0.39 is 6.04 Å². The molecular formula is C20H21Cl3N2O3. The number of benzene rings is 2. The van der Waals surface area contributed by atoms with Gasteiger partial charge in [-0.25, -0.2) is 0 Å². The van der Waals surface area contributed by atoms with Crippen LogP contribution in [0.2, 0.25) is 15.1 Å². The van der Waals surface area contributed by atoms with E-state index in [0.717, 1.165) is 0 Å². The summed E-state index contributed by atoms with van der Waals surface area (Å²) in [4.78, 5) is 26.6. The first-order valence-corrected chi connectivity index (χ1v) is 9.85. The number of likely N-dealkylation sites (N-methyl/N-ethyl adjacent to an activating group) is 1. The van der Waals surface area contributed by atoms with Gasteiger partial charge in [-0.15, -0.1) is 0 Å². The van der Waals surface area contributed by atoms with Gasteiger partial charge in [0.05, 0.1) is 0 Å². The van der Waals surface area contributed by atoms with Gasteiger partial charge in [-0.05, 0) is 44.2 Å². The van der Waals surface area contributed by atoms with Crippen molar-refractivity contribution in [3.8, 4) is 5.75 Å². The minimum atomic E-state index is -0.734. The van der Waals surface area contributed by atoms with Crippen LogP contribution in [0, 0.1) is 0 Å². The summed E-state index contributed by atoms with van der Waals surface area (Å²) < 4.78 is 5.54. The SMILES string of the molecule is CCNC(=O)C(C)N(Cc1c(Cl)cccc1Cl)C(=O)COc1cccc(Cl)c1. The molecule has 0 aliphatic rings. The van der Waals surface area contributed by atoms with Gasteiger partial charge in [0.1, 0.15) is 11.8 Å². The Kier molecular flexibility index (Phi) is 8.42. The van der Waals surface area contributed by atoms with Gasteiger partial charge in [0.15, 0.2) is 6.61 Å². The Hall–Kier alpha value is -1.95. The maximum Gasteiger partial charge on any atom is 0.261 e. The normalized spacial score (nSPS) is 11.6. The molecule has 150 valence electrons. The Morgan fingerprint density at radius 3 is 2.36 bits per heavy atom. The van der Waals surface area contributed by atoms with Crippen molar-refractivity contribution >= 4 is 46.6 Å². The molecule has 0 aliphatic carbocycles. The molecule has 0 aromatic heterocycles. The molecule has 2 aromatic carbocycles. The highest BCUT2D eigenvalue weighted by Crippen LogP contribution is 2.26. The van der Waals surface area contributed by atoms with Crippen molar-refractivity contribution in [3.63, 3.8) is 0 Å². The number of ether oxygens (including phenoxy) is 1. The van der Waals surface area contributed by atoms with E-state index in [9.17, 15) is 9.59 Å². The van der Waals surface area contributed by atoms with E-state index in [2.05, 4.69) is 5.32 Å². The first-order chi connectivity index (χ1) is 13.3. The Labute approximate surface area is 179 Å². The third-order valence-electron chi connectivity index (χ3n) is 4.07. The quantitative estimate of drug-likeness (QED) is 0.650. The van der Waals surface area contributed by atoms with Gasteiger partial charge in [0.25, 0.3) is 5.91 Å². The molecule has 0 saturated heterocycles. The van der Waals surface area contributed by atoms with Crippen LogP contribution >= 0.6 is 34.8 Å². The minimum Gasteiger partial charge on any atom is -0.484 e. The second kappa shape index (κ2) is 10.6. The largest absolute Gasteiger partial charge is 0.484 e. The Balaban J connectivity index is 2.21. The highest BCUT2D eigenvalue weighted by atomic mass is 35.5. The summed E-state index contributed by atoms with van der Waals surface area (Å²) in [6.45, 7) is 3.73. The van der Waals surface area contributed by atoms with Gasteiger partial charge in [-0.2, -0.15) is 0 Å². The Bertz CT molecular complexity index is 825. The van der Waals surface area contributed by atoms with Crippen LogP contribution in [-0.4, -0.2) is 35.9 Å². The zero-order valence-electron chi connectivity index (χ0n) is 15.5. The molecule has 0 heterocycles. The fourth-order valence-electron chi connectivity index (χ4n) is 2.54. The maximum atomic E-state index is 12.9. The standard InChI is InChI=1S/C20H21Cl3N2O3/c1-3-24-20(27)13(2)25(11-16-17(22)8-5-9-18(16)23)19(26)12-28-15-7-4-6-14(21)10-15/h4-10,13H,3,11-12H2,1-2H3,(H,24,27). The number of rotatable bonds is 8. The summed E-state index contributed by atoms with van der Waals surface area (Å²) in [7, 11) is 0. The molecule has 1 N–H and O–H groups in total. The first kappa shape index (κ1) is 22.3. The van der Waals surface area contributed by atoms with Crippen LogP contribution in [0.15, 0.2) is 42.5 Å². The summed E-state index contributed by atoms with van der Waals surface area (Å²) in [6.07, 6.45) is 0. The zero-order chi connectivity index (χ0) is 20.7. The molecule has 0 bridgehead atoms. The fourth-order valence-corrected chi connectivity index (χ4v) is 3.24. The van der Waals surface area contributed by atoms with E-state index >= 15 is 0 Å². The summed E-state index contributed by atoms with van der Waals surface area (Å²) in [5, 5.41) is 4.06. The van der Waals surface area contributed by atoms with Crippen LogP contribution in [0.3, 0.4) is 0 Å². The summed E-state index contributed by atoms with van der Waals surface area (Å²) in [5.41, 5.74) is 0.568. The van der Waals surface area contributed by atoms with Gasteiger partial charge in [-0.3, -0.25) is 9.59 Å². The van der Waals surface area contributed by atoms with Crippen molar-refractivity contribution in [2.75, 3.05) is 13.2 Å². The number of hydrogen-bond donors (Lipinski definition) is 1. The molecule has 2 aromatic rings. The average molecular weight is 444 g/mol. The van der Waals surface area contributed by atoms with Crippen molar-refractivity contribution < 1.29 is 14.3 Å². The van der Waals surface area contributed by atoms with E-state index in [-0.39, 0.29) is 25.0 Å². The number of carbonyl (C=O) groups is 2. The van der Waals surface area contributed by atoms with Crippen molar-refractivity contribution in [2.24, 2.45) is 0 Å². The smallest absolute Gasteiger partial charge is 0.261 e. The van der Waals surface area contributed by atoms with Crippen molar-refractivity contribution in [1.82, 2.24) is 10.2 Å². The van der Waals surface area contributed by atoms with Crippen molar-refractivity contribution in [1.29, 1.82) is 0 Å². The predicted octanol–water partition coefficient (Wildman–Crippen LogP) is 4.58. The molecule has 0 radical (unpaired) electrons. The van der Waals surface area contributed by atoms with Crippen LogP contribution in [0.1, 0.15) is 19.4 Å². The molecule has 1 unspecified atom stereocenters. The van der Waals surface area contributed by atoms with Crippen LogP contribution in [0.5, 0.6) is 5.75 Å². The number of carbonyl (C=O) groups excluding carboxylic acids is 2. The molecule has 0 fully saturated rings. The lowest BCUT2D eigenvalue weighted by Gasteiger charge is -2.29. The van der Waals surface area contributed by atoms with E-state index in [0.29, 0.717) is 32.9 Å². The highest BCUT2D eigenvalue weighted by molar-refractivity contribution is 6.36. The van der Waals surface area contributed by atoms with Gasteiger partial charge < -0.3 is 15.0 Å². The van der Waals surface area contributed by atoms with Crippen LogP contribution in [-0.2, 0) is 16.1 Å². The average Bonchev–Trinajstić information content (AvgIpc) is 2.66. The summed E-state index contributed by atoms with van der Waals surface area (Å²) >= 11 is 18.4. The Morgan fingerprint density at radius 1 is 1.11 bits per heavy atom. The van der Waals surface area contributed by atoms with Crippen molar-refractivity contribution in [3.05, 3.63) is 63.1 Å². The topological polar surface area (TPSA) is 58.6 Å². The summed E-state index contributed by atoms with van der Waals surface area (Å²) in [6, 6.07) is 11.1. The second-order valence-electron chi connectivity index (χ2n) is 6.04. The van der Waals surface area contributed by atoms with Gasteiger partial charge >= 0.3 is 0 Å². The first-order valence-electron chi connectivity index (χ1n) is 8.72. The lowest BCUT2D eigenvalue weighted by Crippen LogP contribution is -2.49. The van der Waals surface area contributed by atoms with E-state index in [1.807, 2.05) is 6.92 Å². The van der Waals surface area contributed by atoms with Gasteiger partial charge in [0.2, 0.25) is 5.91 Å². The third-order valence-corrected chi connectivity index (χ3v) is 5.01. The number of amides is 2. The summed E-state index contributed by atoms with van der Waals surface area (Å²) in [5.74, 6) is -0.196. The predicted molar refractivity (Wildman–Crippen MR) is 112 cm³/mol. The molecule has 0 saturated carbocycles. The lowest BCUT2D eigenvalue weighted by atomic mass is 10.1. The highest BCUT2D eigenvalue weighted by Gasteiger charge is 2.27. The monoisotopic (exact) mass is 442 g/mol. The maximum absolute atomic E-state index is 12.9. The van der Waals surface area contributed by atoms with Crippen LogP contribution in [0.4, 0.5) is 0 Å². The Morgan fingerprint density at radius 2 is 1.75 bits per heavy atom.